The van der Waals surface area contributed by atoms with E-state index in [2.05, 4.69) is 20.6 Å². The van der Waals surface area contributed by atoms with Crippen LogP contribution in [0.15, 0.2) is 73.1 Å². The molecule has 4 rings (SSSR count). The molecular formula is C32H33ClFN5O11. The molecule has 1 atom stereocenters. The minimum atomic E-state index is -1.26. The van der Waals surface area contributed by atoms with Crippen LogP contribution in [0.4, 0.5) is 21.6 Å². The molecule has 3 aromatic rings. The van der Waals surface area contributed by atoms with Gasteiger partial charge in [-0.05, 0) is 32.3 Å². The van der Waals surface area contributed by atoms with Crippen molar-refractivity contribution in [1.82, 2.24) is 14.9 Å². The fourth-order valence-electron chi connectivity index (χ4n) is 3.72. The smallest absolute Gasteiger partial charge is 0.328 e. The van der Waals surface area contributed by atoms with Crippen LogP contribution in [0.5, 0.6) is 5.75 Å². The first-order chi connectivity index (χ1) is 23.7. The minimum Gasteiger partial charge on any atom is -0.486 e. The molecule has 0 saturated carbocycles. The molecule has 0 bridgehead atoms. The number of carboxylic acids is 4. The lowest BCUT2D eigenvalue weighted by molar-refractivity contribution is -0.134. The number of carbonyl (C=O) groups is 5. The number of hydrogen-bond donors (Lipinski definition) is 6. The summed E-state index contributed by atoms with van der Waals surface area (Å²) in [4.78, 5) is 61.3. The second kappa shape index (κ2) is 20.5. The average molecular weight is 718 g/mol. The third-order valence-corrected chi connectivity index (χ3v) is 6.15. The highest BCUT2D eigenvalue weighted by atomic mass is 35.5. The summed E-state index contributed by atoms with van der Waals surface area (Å²) < 4.78 is 26.0. The average Bonchev–Trinajstić information content (AvgIpc) is 3.55. The van der Waals surface area contributed by atoms with Crippen molar-refractivity contribution in [2.75, 3.05) is 44.5 Å². The van der Waals surface area contributed by atoms with Crippen LogP contribution < -0.4 is 15.4 Å². The van der Waals surface area contributed by atoms with Crippen LogP contribution in [-0.2, 0) is 28.7 Å². The van der Waals surface area contributed by atoms with Crippen LogP contribution >= 0.6 is 11.6 Å². The van der Waals surface area contributed by atoms with Crippen LogP contribution in [0, 0.1) is 5.82 Å². The summed E-state index contributed by atoms with van der Waals surface area (Å²) in [7, 11) is 3.83. The number of ether oxygens (including phenoxy) is 2. The molecule has 266 valence electrons. The SMILES string of the molecule is CN(C)CC=CC(=O)Nc1cc2c(Nc3cccc(Cl)c3F)ncnc2cc1O[C@H]1CCOC1.O=C(O)C=CC(=O)O.O=C(O)C=CC(=O)O. The lowest BCUT2D eigenvalue weighted by Crippen LogP contribution is -2.18. The zero-order valence-corrected chi connectivity index (χ0v) is 27.3. The van der Waals surface area contributed by atoms with Gasteiger partial charge < -0.3 is 45.4 Å². The van der Waals surface area contributed by atoms with Crippen LogP contribution in [0.1, 0.15) is 6.42 Å². The summed E-state index contributed by atoms with van der Waals surface area (Å²) in [6, 6.07) is 8.11. The van der Waals surface area contributed by atoms with Crippen molar-refractivity contribution in [3.8, 4) is 5.75 Å². The Morgan fingerprint density at radius 3 is 2.12 bits per heavy atom. The first kappa shape index (κ1) is 40.3. The van der Waals surface area contributed by atoms with Crippen molar-refractivity contribution >= 4 is 69.5 Å². The number of halogens is 2. The monoisotopic (exact) mass is 717 g/mol. The van der Waals surface area contributed by atoms with E-state index in [1.807, 2.05) is 19.0 Å². The Balaban J connectivity index is 0.000000450. The van der Waals surface area contributed by atoms with E-state index in [0.29, 0.717) is 72.2 Å². The highest BCUT2D eigenvalue weighted by Gasteiger charge is 2.21. The number of fused-ring (bicyclic) bond motifs is 1. The molecule has 1 amide bonds. The van der Waals surface area contributed by atoms with Crippen molar-refractivity contribution in [1.29, 1.82) is 0 Å². The predicted octanol–water partition coefficient (Wildman–Crippen LogP) is 3.81. The Labute approximate surface area is 289 Å². The number of carboxylic acid groups (broad SMARTS) is 4. The molecule has 1 aliphatic heterocycles. The van der Waals surface area contributed by atoms with Crippen molar-refractivity contribution < 1.29 is 58.3 Å². The van der Waals surface area contributed by atoms with Gasteiger partial charge in [0.25, 0.3) is 0 Å². The molecule has 2 aromatic carbocycles. The molecule has 0 radical (unpaired) electrons. The second-order valence-corrected chi connectivity index (χ2v) is 10.5. The molecule has 16 nitrogen and oxygen atoms in total. The number of nitrogens with one attached hydrogen (secondary N) is 2. The largest absolute Gasteiger partial charge is 0.486 e. The number of carbonyl (C=O) groups excluding carboxylic acids is 1. The molecule has 0 aliphatic carbocycles. The maximum absolute atomic E-state index is 14.5. The van der Waals surface area contributed by atoms with Crippen LogP contribution in [0.2, 0.25) is 5.02 Å². The van der Waals surface area contributed by atoms with E-state index >= 15 is 0 Å². The highest BCUT2D eigenvalue weighted by Crippen LogP contribution is 2.35. The van der Waals surface area contributed by atoms with Crippen molar-refractivity contribution in [3.05, 3.63) is 84.0 Å². The first-order valence-electron chi connectivity index (χ1n) is 14.3. The fraction of sp³-hybridized carbons (Fsp3) is 0.219. The second-order valence-electron chi connectivity index (χ2n) is 10.1. The molecule has 2 heterocycles. The zero-order chi connectivity index (χ0) is 37.2. The molecule has 0 unspecified atom stereocenters. The maximum Gasteiger partial charge on any atom is 0.328 e. The Morgan fingerprint density at radius 2 is 1.58 bits per heavy atom. The van der Waals surface area contributed by atoms with Gasteiger partial charge in [0, 0.05) is 54.8 Å². The van der Waals surface area contributed by atoms with Gasteiger partial charge in [0.2, 0.25) is 5.91 Å². The van der Waals surface area contributed by atoms with E-state index in [-0.39, 0.29) is 22.7 Å². The quantitative estimate of drug-likeness (QED) is 0.146. The van der Waals surface area contributed by atoms with Gasteiger partial charge in [0.05, 0.1) is 35.1 Å². The zero-order valence-electron chi connectivity index (χ0n) is 26.6. The number of rotatable bonds is 12. The molecule has 1 aliphatic rings. The normalized spacial score (nSPS) is 13.8. The van der Waals surface area contributed by atoms with Crippen LogP contribution in [0.25, 0.3) is 10.9 Å². The number of amides is 1. The molecule has 6 N–H and O–H groups in total. The van der Waals surface area contributed by atoms with E-state index in [1.165, 1.54) is 18.5 Å². The number of hydrogen-bond acceptors (Lipinski definition) is 11. The number of benzene rings is 2. The summed E-state index contributed by atoms with van der Waals surface area (Å²) in [6.45, 7) is 1.72. The first-order valence-corrected chi connectivity index (χ1v) is 14.7. The fourth-order valence-corrected chi connectivity index (χ4v) is 3.90. The molecule has 18 heteroatoms. The van der Waals surface area contributed by atoms with E-state index in [1.54, 1.807) is 30.3 Å². The maximum atomic E-state index is 14.5. The number of likely N-dealkylation sites (N-methyl/N-ethyl adjacent to an activating group) is 1. The van der Waals surface area contributed by atoms with Gasteiger partial charge in [-0.25, -0.2) is 33.5 Å². The van der Waals surface area contributed by atoms with Gasteiger partial charge in [0.15, 0.2) is 5.82 Å². The van der Waals surface area contributed by atoms with Crippen molar-refractivity contribution in [2.24, 2.45) is 0 Å². The van der Waals surface area contributed by atoms with Gasteiger partial charge >= 0.3 is 23.9 Å². The van der Waals surface area contributed by atoms with Crippen LogP contribution in [0.3, 0.4) is 0 Å². The molecule has 1 fully saturated rings. The summed E-state index contributed by atoms with van der Waals surface area (Å²) in [5.41, 5.74) is 1.19. The minimum absolute atomic E-state index is 0.00436. The van der Waals surface area contributed by atoms with E-state index in [9.17, 15) is 28.4 Å². The molecule has 0 spiro atoms. The lowest BCUT2D eigenvalue weighted by Gasteiger charge is -2.18. The summed E-state index contributed by atoms with van der Waals surface area (Å²) in [5, 5.41) is 37.7. The summed E-state index contributed by atoms with van der Waals surface area (Å²) >= 11 is 5.91. The molecule has 50 heavy (non-hydrogen) atoms. The van der Waals surface area contributed by atoms with Gasteiger partial charge in [0.1, 0.15) is 24.0 Å². The lowest BCUT2D eigenvalue weighted by atomic mass is 10.1. The predicted molar refractivity (Wildman–Crippen MR) is 179 cm³/mol. The third kappa shape index (κ3) is 14.9. The number of aromatic nitrogens is 2. The van der Waals surface area contributed by atoms with Crippen molar-refractivity contribution in [3.63, 3.8) is 0 Å². The van der Waals surface area contributed by atoms with Crippen LogP contribution in [-0.4, -0.2) is 105 Å². The third-order valence-electron chi connectivity index (χ3n) is 5.86. The number of nitrogens with zero attached hydrogens (tertiary/aromatic N) is 3. The Bertz CT molecular complexity index is 1710. The number of anilines is 3. The van der Waals surface area contributed by atoms with E-state index in [4.69, 9.17) is 41.5 Å². The molecule has 1 aromatic heterocycles. The Morgan fingerprint density at radius 1 is 0.960 bits per heavy atom. The van der Waals surface area contributed by atoms with E-state index in [0.717, 1.165) is 6.42 Å². The van der Waals surface area contributed by atoms with Gasteiger partial charge in [-0.1, -0.05) is 23.7 Å². The highest BCUT2D eigenvalue weighted by molar-refractivity contribution is 6.31. The Hall–Kier alpha value is -5.91. The van der Waals surface area contributed by atoms with Gasteiger partial charge in [-0.2, -0.15) is 0 Å². The van der Waals surface area contributed by atoms with Crippen molar-refractivity contribution in [2.45, 2.75) is 12.5 Å². The van der Waals surface area contributed by atoms with E-state index < -0.39 is 29.7 Å². The van der Waals surface area contributed by atoms with Gasteiger partial charge in [-0.15, -0.1) is 0 Å². The molecular weight excluding hydrogens is 685 g/mol. The summed E-state index contributed by atoms with van der Waals surface area (Å²) in [5.74, 6) is -5.09. The Kier molecular flexibility index (Phi) is 16.5. The standard InChI is InChI=1S/C24H25ClFN5O3.2C4H4O4/c1-31(2)9-4-7-22(32)29-20-11-16-19(12-21(20)34-15-8-10-33-13-15)27-14-28-24(16)30-18-6-3-5-17(25)23(18)26;2*5-3(6)1-2-4(7)8/h3-7,11-12,14-15H,8-10,13H2,1-2H3,(H,29,32)(H,27,28,30);2*1-2H,(H,5,6)(H,7,8)/t15-;;/m0../s1. The van der Waals surface area contributed by atoms with Gasteiger partial charge in [-0.3, -0.25) is 4.79 Å². The topological polar surface area (TPSA) is 238 Å². The number of aliphatic carboxylic acids is 4. The summed E-state index contributed by atoms with van der Waals surface area (Å²) in [6.07, 6.45) is 7.46. The molecule has 1 saturated heterocycles.